The third-order valence-corrected chi connectivity index (χ3v) is 10.1. The predicted octanol–water partition coefficient (Wildman–Crippen LogP) is 5.81. The van der Waals surface area contributed by atoms with Gasteiger partial charge in [-0.2, -0.15) is 10.4 Å². The minimum atomic E-state index is -1.13. The largest absolute Gasteiger partial charge is 0.361 e. The minimum Gasteiger partial charge on any atom is -0.361 e. The molecule has 194 valence electrons. The van der Waals surface area contributed by atoms with Gasteiger partial charge in [0.15, 0.2) is 5.13 Å². The Balaban J connectivity index is 1.32. The Bertz CT molecular complexity index is 1400. The fourth-order valence-electron chi connectivity index (χ4n) is 4.76. The topological polar surface area (TPSA) is 97.7 Å². The van der Waals surface area contributed by atoms with Crippen molar-refractivity contribution in [1.29, 1.82) is 5.26 Å². The molecule has 4 aromatic heterocycles. The van der Waals surface area contributed by atoms with Crippen LogP contribution in [0, 0.1) is 17.2 Å². The summed E-state index contributed by atoms with van der Waals surface area (Å²) in [5, 5.41) is 18.3. The number of hydrogen-bond donors (Lipinski definition) is 0. The van der Waals surface area contributed by atoms with Gasteiger partial charge >= 0.3 is 0 Å². The van der Waals surface area contributed by atoms with Gasteiger partial charge < -0.3 is 14.2 Å². The van der Waals surface area contributed by atoms with Gasteiger partial charge in [0, 0.05) is 62.4 Å². The molecule has 0 saturated carbocycles. The van der Waals surface area contributed by atoms with Crippen molar-refractivity contribution < 1.29 is 4.74 Å². The molecule has 37 heavy (non-hydrogen) atoms. The molecule has 9 nitrogen and oxygen atoms in total. The zero-order valence-electron chi connectivity index (χ0n) is 21.3. The van der Waals surface area contributed by atoms with Crippen molar-refractivity contribution >= 4 is 51.5 Å². The molecule has 4 aromatic rings. The van der Waals surface area contributed by atoms with Crippen LogP contribution in [0.2, 0.25) is 25.7 Å². The van der Waals surface area contributed by atoms with Crippen LogP contribution in [-0.2, 0) is 11.5 Å². The lowest BCUT2D eigenvalue weighted by Crippen LogP contribution is -2.25. The molecule has 1 aliphatic rings. The van der Waals surface area contributed by atoms with E-state index < -0.39 is 8.07 Å². The van der Waals surface area contributed by atoms with E-state index in [2.05, 4.69) is 61.5 Å². The maximum Gasteiger partial charge on any atom is 0.186 e. The smallest absolute Gasteiger partial charge is 0.186 e. The van der Waals surface area contributed by atoms with Crippen LogP contribution in [0.5, 0.6) is 0 Å². The van der Waals surface area contributed by atoms with Gasteiger partial charge in [-0.05, 0) is 34.5 Å². The van der Waals surface area contributed by atoms with E-state index in [9.17, 15) is 5.26 Å². The summed E-state index contributed by atoms with van der Waals surface area (Å²) in [5.41, 5.74) is 2.61. The molecule has 1 saturated heterocycles. The van der Waals surface area contributed by atoms with Crippen LogP contribution in [0.25, 0.3) is 22.3 Å². The van der Waals surface area contributed by atoms with Gasteiger partial charge in [0.05, 0.1) is 30.4 Å². The molecule has 12 heteroatoms. The fraction of sp³-hybridized carbons (Fsp3) is 0.480. The highest BCUT2D eigenvalue weighted by atomic mass is 79.9. The Morgan fingerprint density at radius 1 is 1.32 bits per heavy atom. The first-order valence-corrected chi connectivity index (χ1v) is 17.9. The normalized spacial score (nSPS) is 16.9. The van der Waals surface area contributed by atoms with Crippen molar-refractivity contribution in [1.82, 2.24) is 29.3 Å². The number of rotatable bonds is 10. The molecule has 0 radical (unpaired) electrons. The van der Waals surface area contributed by atoms with E-state index in [4.69, 9.17) is 9.84 Å². The molecular formula is C25H31BrN8OSSi. The lowest BCUT2D eigenvalue weighted by Gasteiger charge is -2.22. The molecular weight excluding hydrogens is 568 g/mol. The van der Waals surface area contributed by atoms with Crippen molar-refractivity contribution in [3.05, 3.63) is 41.0 Å². The minimum absolute atomic E-state index is 0.00570. The third kappa shape index (κ3) is 5.95. The van der Waals surface area contributed by atoms with E-state index in [1.165, 1.54) is 0 Å². The quantitative estimate of drug-likeness (QED) is 0.168. The molecule has 5 heterocycles. The SMILES string of the molecule is C[Si](C)(C)CCOCn1ccc2c(-c3cnn(C(CC#N)C4CCN(c5nc(Br)cs5)C4)c3)ncnc21. The second-order valence-electron chi connectivity index (χ2n) is 10.7. The number of fused-ring (bicyclic) bond motifs is 1. The van der Waals surface area contributed by atoms with Gasteiger partial charge in [-0.3, -0.25) is 4.68 Å². The first kappa shape index (κ1) is 26.0. The molecule has 5 rings (SSSR count). The summed E-state index contributed by atoms with van der Waals surface area (Å²) in [6.07, 6.45) is 8.88. The van der Waals surface area contributed by atoms with E-state index in [1.807, 2.05) is 39.3 Å². The second-order valence-corrected chi connectivity index (χ2v) is 17.9. The van der Waals surface area contributed by atoms with Crippen LogP contribution in [0.15, 0.2) is 41.0 Å². The molecule has 0 aromatic carbocycles. The maximum absolute atomic E-state index is 9.59. The Kier molecular flexibility index (Phi) is 7.76. The second kappa shape index (κ2) is 11.0. The highest BCUT2D eigenvalue weighted by molar-refractivity contribution is 9.10. The van der Waals surface area contributed by atoms with Crippen LogP contribution < -0.4 is 4.90 Å². The number of aromatic nitrogens is 6. The van der Waals surface area contributed by atoms with Gasteiger partial charge in [0.25, 0.3) is 0 Å². The van der Waals surface area contributed by atoms with Gasteiger partial charge in [-0.15, -0.1) is 11.3 Å². The summed E-state index contributed by atoms with van der Waals surface area (Å²) in [7, 11) is -1.13. The molecule has 2 atom stereocenters. The third-order valence-electron chi connectivity index (χ3n) is 6.80. The van der Waals surface area contributed by atoms with E-state index in [1.54, 1.807) is 17.7 Å². The van der Waals surface area contributed by atoms with Crippen LogP contribution in [0.3, 0.4) is 0 Å². The number of thiazole rings is 1. The molecule has 0 amide bonds. The molecule has 0 N–H and O–H groups in total. The van der Waals surface area contributed by atoms with E-state index in [0.29, 0.717) is 19.1 Å². The van der Waals surface area contributed by atoms with E-state index >= 15 is 0 Å². The first-order valence-electron chi connectivity index (χ1n) is 12.5. The Hall–Kier alpha value is -2.59. The highest BCUT2D eigenvalue weighted by Gasteiger charge is 2.32. The summed E-state index contributed by atoms with van der Waals surface area (Å²) in [6.45, 7) is 10.1. The summed E-state index contributed by atoms with van der Waals surface area (Å²) in [5.74, 6) is 0.315. The molecule has 2 unspecified atom stereocenters. The lowest BCUT2D eigenvalue weighted by atomic mass is 9.96. The number of ether oxygens (including phenoxy) is 1. The van der Waals surface area contributed by atoms with Crippen LogP contribution in [-0.4, -0.2) is 57.1 Å². The van der Waals surface area contributed by atoms with Gasteiger partial charge in [-0.1, -0.05) is 19.6 Å². The van der Waals surface area contributed by atoms with Crippen LogP contribution in [0.1, 0.15) is 18.9 Å². The Morgan fingerprint density at radius 2 is 2.19 bits per heavy atom. The zero-order valence-corrected chi connectivity index (χ0v) is 24.7. The molecule has 0 spiro atoms. The van der Waals surface area contributed by atoms with Gasteiger partial charge in [-0.25, -0.2) is 15.0 Å². The monoisotopic (exact) mass is 598 g/mol. The van der Waals surface area contributed by atoms with Crippen molar-refractivity contribution in [2.45, 2.75) is 51.3 Å². The molecule has 0 bridgehead atoms. The standard InChI is InChI=1S/C25H31BrN8OSSi/c1-37(2,3)11-10-35-17-33-9-6-20-23(28-16-29-24(20)33)19-12-30-34(14-19)21(4-7-27)18-5-8-32(13-18)25-31-22(26)15-36-25/h6,9,12,14-16,18,21H,4-5,8,10-11,13,17H2,1-3H3. The van der Waals surface area contributed by atoms with Crippen LogP contribution in [0.4, 0.5) is 5.13 Å². The van der Waals surface area contributed by atoms with E-state index in [0.717, 1.165) is 64.2 Å². The summed E-state index contributed by atoms with van der Waals surface area (Å²) < 4.78 is 10.8. The average Bonchev–Trinajstić information content (AvgIpc) is 3.66. The number of anilines is 1. The number of nitrogens with zero attached hydrogens (tertiary/aromatic N) is 8. The zero-order chi connectivity index (χ0) is 26.0. The van der Waals surface area contributed by atoms with Gasteiger partial charge in [0.2, 0.25) is 0 Å². The number of nitriles is 1. The Labute approximate surface area is 230 Å². The molecule has 1 fully saturated rings. The summed E-state index contributed by atoms with van der Waals surface area (Å²) in [4.78, 5) is 16.0. The van der Waals surface area contributed by atoms with Crippen LogP contribution >= 0.6 is 27.3 Å². The Morgan fingerprint density at radius 3 is 2.95 bits per heavy atom. The number of halogens is 1. The summed E-state index contributed by atoms with van der Waals surface area (Å²) in [6, 6.07) is 5.55. The van der Waals surface area contributed by atoms with Crippen molar-refractivity contribution in [3.8, 4) is 17.3 Å². The van der Waals surface area contributed by atoms with Gasteiger partial charge in [0.1, 0.15) is 23.3 Å². The molecule has 0 aliphatic carbocycles. The van der Waals surface area contributed by atoms with E-state index in [-0.39, 0.29) is 6.04 Å². The van der Waals surface area contributed by atoms with Crippen molar-refractivity contribution in [2.24, 2.45) is 5.92 Å². The molecule has 1 aliphatic heterocycles. The van der Waals surface area contributed by atoms with Crippen molar-refractivity contribution in [2.75, 3.05) is 24.6 Å². The summed E-state index contributed by atoms with van der Waals surface area (Å²) >= 11 is 5.09. The fourth-order valence-corrected chi connectivity index (χ4v) is 6.80. The highest BCUT2D eigenvalue weighted by Crippen LogP contribution is 2.35. The average molecular weight is 600 g/mol. The van der Waals surface area contributed by atoms with Crippen molar-refractivity contribution in [3.63, 3.8) is 0 Å². The maximum atomic E-state index is 9.59. The predicted molar refractivity (Wildman–Crippen MR) is 152 cm³/mol. The lowest BCUT2D eigenvalue weighted by molar-refractivity contribution is 0.0899. The first-order chi connectivity index (χ1) is 17.8. The number of hydrogen-bond acceptors (Lipinski definition) is 8.